The molecule has 8 nitrogen and oxygen atoms in total. The molecule has 4 saturated heterocycles. The highest BCUT2D eigenvalue weighted by molar-refractivity contribution is 6.01. The van der Waals surface area contributed by atoms with E-state index >= 15 is 4.39 Å². The van der Waals surface area contributed by atoms with Crippen LogP contribution >= 0.6 is 0 Å². The number of fused-ring (bicyclic) bond motifs is 5. The van der Waals surface area contributed by atoms with Crippen molar-refractivity contribution in [3.63, 3.8) is 0 Å². The molecule has 6 heterocycles. The molecule has 0 amide bonds. The van der Waals surface area contributed by atoms with Gasteiger partial charge in [0.2, 0.25) is 0 Å². The molecule has 2 bridgehead atoms. The van der Waals surface area contributed by atoms with Gasteiger partial charge in [-0.05, 0) is 68.0 Å². The number of pyridine rings is 1. The van der Waals surface area contributed by atoms with Gasteiger partial charge < -0.3 is 20.1 Å². The normalized spacial score (nSPS) is 26.2. The number of phenols is 1. The maximum atomic E-state index is 16.9. The number of hydrogen-bond acceptors (Lipinski definition) is 8. The molecule has 2 aromatic carbocycles. The smallest absolute Gasteiger partial charge is 0.319 e. The molecule has 0 radical (unpaired) electrons. The Morgan fingerprint density at radius 1 is 1.11 bits per heavy atom. The number of hydrogen-bond donors (Lipinski definition) is 2. The second kappa shape index (κ2) is 10.5. The van der Waals surface area contributed by atoms with Gasteiger partial charge >= 0.3 is 6.01 Å². The SMILES string of the molecule is CC#Cc1nc(-c2cc(O)cc3ccccc23)c(F)c2nc(OC[C@@]34CCCN3C[C@H](F)C4)nc(N3C[C@H]4CC[C@@H](C3)N4)c12. The van der Waals surface area contributed by atoms with Crippen molar-refractivity contribution in [1.29, 1.82) is 0 Å². The van der Waals surface area contributed by atoms with Gasteiger partial charge in [0.25, 0.3) is 0 Å². The van der Waals surface area contributed by atoms with E-state index in [1.54, 1.807) is 13.0 Å². The van der Waals surface area contributed by atoms with Gasteiger partial charge in [-0.25, -0.2) is 13.8 Å². The Labute approximate surface area is 254 Å². The number of rotatable bonds is 5. The van der Waals surface area contributed by atoms with E-state index in [1.165, 1.54) is 6.07 Å². The summed E-state index contributed by atoms with van der Waals surface area (Å²) in [6.07, 6.45) is 3.50. The highest BCUT2D eigenvalue weighted by Crippen LogP contribution is 2.42. The van der Waals surface area contributed by atoms with Crippen LogP contribution in [0.4, 0.5) is 14.6 Å². The highest BCUT2D eigenvalue weighted by Gasteiger charge is 2.49. The second-order valence-corrected chi connectivity index (χ2v) is 12.7. The summed E-state index contributed by atoms with van der Waals surface area (Å²) >= 11 is 0. The first-order chi connectivity index (χ1) is 21.4. The summed E-state index contributed by atoms with van der Waals surface area (Å²) in [7, 11) is 0. The molecule has 8 rings (SSSR count). The quantitative estimate of drug-likeness (QED) is 0.313. The lowest BCUT2D eigenvalue weighted by Crippen LogP contribution is -2.51. The van der Waals surface area contributed by atoms with Crippen LogP contribution in [0.5, 0.6) is 11.8 Å². The molecule has 4 aliphatic heterocycles. The first-order valence-electron chi connectivity index (χ1n) is 15.5. The van der Waals surface area contributed by atoms with E-state index in [0.717, 1.165) is 43.0 Å². The molecule has 44 heavy (non-hydrogen) atoms. The lowest BCUT2D eigenvalue weighted by atomic mass is 9.95. The zero-order chi connectivity index (χ0) is 30.0. The minimum atomic E-state index is -0.887. The molecule has 226 valence electrons. The first kappa shape index (κ1) is 27.5. The van der Waals surface area contributed by atoms with E-state index in [0.29, 0.717) is 60.6 Å². The summed E-state index contributed by atoms with van der Waals surface area (Å²) in [6.45, 7) is 4.64. The van der Waals surface area contributed by atoms with E-state index in [2.05, 4.69) is 31.9 Å². The van der Waals surface area contributed by atoms with E-state index in [4.69, 9.17) is 14.7 Å². The monoisotopic (exact) mass is 596 g/mol. The lowest BCUT2D eigenvalue weighted by molar-refractivity contribution is 0.107. The molecule has 0 saturated carbocycles. The van der Waals surface area contributed by atoms with E-state index < -0.39 is 17.5 Å². The van der Waals surface area contributed by atoms with Crippen LogP contribution in [0.2, 0.25) is 0 Å². The Morgan fingerprint density at radius 3 is 2.75 bits per heavy atom. The van der Waals surface area contributed by atoms with Gasteiger partial charge in [0.05, 0.1) is 10.9 Å². The summed E-state index contributed by atoms with van der Waals surface area (Å²) in [5.74, 6) is 5.97. The summed E-state index contributed by atoms with van der Waals surface area (Å²) in [6, 6.07) is 11.3. The average Bonchev–Trinajstić information content (AvgIpc) is 3.67. The number of nitrogens with one attached hydrogen (secondary N) is 1. The minimum absolute atomic E-state index is 0.00918. The van der Waals surface area contributed by atoms with Crippen molar-refractivity contribution in [1.82, 2.24) is 25.2 Å². The third kappa shape index (κ3) is 4.52. The maximum Gasteiger partial charge on any atom is 0.319 e. The molecule has 10 heteroatoms. The molecule has 4 aromatic rings. The van der Waals surface area contributed by atoms with Gasteiger partial charge in [0.1, 0.15) is 41.3 Å². The molecule has 0 unspecified atom stereocenters. The zero-order valence-electron chi connectivity index (χ0n) is 24.6. The number of aromatic hydroxyl groups is 1. The zero-order valence-corrected chi connectivity index (χ0v) is 24.6. The Bertz CT molecular complexity index is 1850. The molecule has 2 aromatic heterocycles. The van der Waals surface area contributed by atoms with Crippen molar-refractivity contribution in [3.8, 4) is 34.9 Å². The van der Waals surface area contributed by atoms with Crippen molar-refractivity contribution in [2.75, 3.05) is 37.7 Å². The Morgan fingerprint density at radius 2 is 1.93 bits per heavy atom. The standard InChI is InChI=1S/C34H34F2N6O2/c1-2-6-27-28-31(29(36)30(38-27)26-14-24(43)13-20-7-3-4-8-25(20)26)39-33(40-32(28)41-17-22-9-10-23(18-41)37-22)44-19-34-11-5-12-42(34)16-21(35)15-34/h3-4,7-8,13-14,21-23,37,43H,5,9-12,15-19H2,1H3/t21-,22-,23+,34+/m1/s1. The number of phenolic OH excluding ortho intramolecular Hbond substituents is 1. The number of ether oxygens (including phenoxy) is 1. The van der Waals surface area contributed by atoms with Gasteiger partial charge in [-0.2, -0.15) is 9.97 Å². The van der Waals surface area contributed by atoms with E-state index in [1.807, 2.05) is 24.3 Å². The van der Waals surface area contributed by atoms with E-state index in [9.17, 15) is 9.50 Å². The maximum absolute atomic E-state index is 16.9. The molecule has 4 aliphatic rings. The van der Waals surface area contributed by atoms with Gasteiger partial charge in [-0.1, -0.05) is 30.2 Å². The predicted octanol–water partition coefficient (Wildman–Crippen LogP) is 4.96. The number of anilines is 1. The van der Waals surface area contributed by atoms with E-state index in [-0.39, 0.29) is 29.6 Å². The molecular weight excluding hydrogens is 562 g/mol. The largest absolute Gasteiger partial charge is 0.508 e. The van der Waals surface area contributed by atoms with Crippen molar-refractivity contribution in [2.24, 2.45) is 0 Å². The molecule has 4 fully saturated rings. The third-order valence-corrected chi connectivity index (χ3v) is 9.84. The fourth-order valence-corrected chi connectivity index (χ4v) is 7.92. The summed E-state index contributed by atoms with van der Waals surface area (Å²) in [5, 5.41) is 16.2. The highest BCUT2D eigenvalue weighted by atomic mass is 19.1. The van der Waals surface area contributed by atoms with Crippen molar-refractivity contribution < 1.29 is 18.6 Å². The molecule has 0 spiro atoms. The van der Waals surface area contributed by atoms with Gasteiger partial charge in [0, 0.05) is 43.7 Å². The number of halogens is 2. The van der Waals surface area contributed by atoms with Gasteiger partial charge in [-0.15, -0.1) is 0 Å². The Hall–Kier alpha value is -4.07. The van der Waals surface area contributed by atoms with Crippen LogP contribution in [0.1, 0.15) is 44.7 Å². The molecule has 4 atom stereocenters. The van der Waals surface area contributed by atoms with Crippen LogP contribution in [-0.2, 0) is 0 Å². The molecular formula is C34H34F2N6O2. The van der Waals surface area contributed by atoms with Gasteiger partial charge in [0.15, 0.2) is 5.82 Å². The van der Waals surface area contributed by atoms with Crippen LogP contribution < -0.4 is 15.0 Å². The van der Waals surface area contributed by atoms with Crippen LogP contribution in [0, 0.1) is 17.7 Å². The fraction of sp³-hybridized carbons (Fsp3) is 0.441. The van der Waals surface area contributed by atoms with Crippen molar-refractivity contribution in [3.05, 3.63) is 47.9 Å². The molecule has 0 aliphatic carbocycles. The van der Waals surface area contributed by atoms with Crippen LogP contribution in [0.15, 0.2) is 36.4 Å². The van der Waals surface area contributed by atoms with Crippen molar-refractivity contribution >= 4 is 27.5 Å². The number of benzene rings is 2. The minimum Gasteiger partial charge on any atom is -0.508 e. The number of nitrogens with zero attached hydrogens (tertiary/aromatic N) is 5. The fourth-order valence-electron chi connectivity index (χ4n) is 7.92. The third-order valence-electron chi connectivity index (χ3n) is 9.84. The second-order valence-electron chi connectivity index (χ2n) is 12.7. The summed E-state index contributed by atoms with van der Waals surface area (Å²) in [5.41, 5.74) is 0.544. The van der Waals surface area contributed by atoms with Crippen LogP contribution in [-0.4, -0.2) is 81.5 Å². The summed E-state index contributed by atoms with van der Waals surface area (Å²) in [4.78, 5) is 18.7. The van der Waals surface area contributed by atoms with Crippen molar-refractivity contribution in [2.45, 2.75) is 62.8 Å². The van der Waals surface area contributed by atoms with Crippen LogP contribution in [0.25, 0.3) is 32.9 Å². The predicted molar refractivity (Wildman–Crippen MR) is 165 cm³/mol. The molecule has 2 N–H and O–H groups in total. The topological polar surface area (TPSA) is 86.6 Å². The lowest BCUT2D eigenvalue weighted by Gasteiger charge is -2.35. The number of alkyl halides is 1. The average molecular weight is 597 g/mol. The van der Waals surface area contributed by atoms with Crippen LogP contribution in [0.3, 0.4) is 0 Å². The summed E-state index contributed by atoms with van der Waals surface area (Å²) < 4.78 is 37.7. The Kier molecular flexibility index (Phi) is 6.58. The number of piperazine rings is 1. The first-order valence-corrected chi connectivity index (χ1v) is 15.5. The number of aromatic nitrogens is 3. The Balaban J connectivity index is 1.31. The van der Waals surface area contributed by atoms with Gasteiger partial charge in [-0.3, -0.25) is 4.90 Å².